The van der Waals surface area contributed by atoms with E-state index in [0.717, 1.165) is 29.9 Å². The van der Waals surface area contributed by atoms with Crippen LogP contribution in [-0.2, 0) is 0 Å². The first-order valence-corrected chi connectivity index (χ1v) is 10.8. The van der Waals surface area contributed by atoms with Gasteiger partial charge in [0.1, 0.15) is 0 Å². The smallest absolute Gasteiger partial charge is 0.194 e. The van der Waals surface area contributed by atoms with Crippen molar-refractivity contribution in [2.75, 3.05) is 0 Å². The fraction of sp³-hybridized carbons (Fsp3) is 0.538. The lowest BCUT2D eigenvalue weighted by atomic mass is 9.68. The Kier molecular flexibility index (Phi) is 7.08. The van der Waals surface area contributed by atoms with E-state index in [1.165, 1.54) is 56.9 Å². The van der Waals surface area contributed by atoms with Crippen molar-refractivity contribution in [3.63, 3.8) is 0 Å². The molecule has 0 amide bonds. The van der Waals surface area contributed by atoms with Crippen molar-refractivity contribution < 1.29 is 13.2 Å². The SMILES string of the molecule is C.CC1CCC(C2CCC(c3ccc(-c4cc(F)c(F)c(F)c4)cc3)CC2)CC1. The van der Waals surface area contributed by atoms with E-state index in [1.54, 1.807) is 0 Å². The van der Waals surface area contributed by atoms with Crippen molar-refractivity contribution in [3.8, 4) is 11.1 Å². The zero-order chi connectivity index (χ0) is 19.7. The maximum Gasteiger partial charge on any atom is 0.194 e. The van der Waals surface area contributed by atoms with Crippen LogP contribution in [0.1, 0.15) is 77.2 Å². The second-order valence-corrected chi connectivity index (χ2v) is 9.01. The van der Waals surface area contributed by atoms with Crippen LogP contribution in [0.4, 0.5) is 13.2 Å². The zero-order valence-corrected chi connectivity index (χ0v) is 16.6. The molecule has 0 spiro atoms. The highest BCUT2D eigenvalue weighted by Crippen LogP contribution is 2.44. The van der Waals surface area contributed by atoms with E-state index in [9.17, 15) is 13.2 Å². The summed E-state index contributed by atoms with van der Waals surface area (Å²) in [7, 11) is 0. The molecular formula is C26H33F3. The Labute approximate surface area is 173 Å². The first kappa shape index (κ1) is 21.9. The average molecular weight is 403 g/mol. The quantitative estimate of drug-likeness (QED) is 0.451. The van der Waals surface area contributed by atoms with E-state index in [4.69, 9.17) is 0 Å². The summed E-state index contributed by atoms with van der Waals surface area (Å²) in [5.74, 6) is -0.381. The lowest BCUT2D eigenvalue weighted by Gasteiger charge is -2.37. The third kappa shape index (κ3) is 4.87. The lowest BCUT2D eigenvalue weighted by molar-refractivity contribution is 0.165. The van der Waals surface area contributed by atoms with Gasteiger partial charge in [0.05, 0.1) is 0 Å². The molecule has 0 aliphatic heterocycles. The van der Waals surface area contributed by atoms with Crippen LogP contribution in [0.25, 0.3) is 11.1 Å². The molecule has 0 atom stereocenters. The molecule has 2 aliphatic carbocycles. The molecule has 158 valence electrons. The third-order valence-corrected chi connectivity index (χ3v) is 7.20. The zero-order valence-electron chi connectivity index (χ0n) is 16.6. The Hall–Kier alpha value is -1.77. The number of benzene rings is 2. The van der Waals surface area contributed by atoms with Gasteiger partial charge in [-0.05, 0) is 91.0 Å². The Morgan fingerprint density at radius 2 is 1.14 bits per heavy atom. The second-order valence-electron chi connectivity index (χ2n) is 9.01. The van der Waals surface area contributed by atoms with E-state index >= 15 is 0 Å². The van der Waals surface area contributed by atoms with Gasteiger partial charge in [-0.1, -0.05) is 51.5 Å². The maximum atomic E-state index is 13.5. The molecule has 2 saturated carbocycles. The summed E-state index contributed by atoms with van der Waals surface area (Å²) in [6.45, 7) is 2.38. The molecule has 0 N–H and O–H groups in total. The second kappa shape index (κ2) is 9.36. The molecule has 0 nitrogen and oxygen atoms in total. The molecule has 2 aromatic carbocycles. The van der Waals surface area contributed by atoms with Crippen LogP contribution in [-0.4, -0.2) is 0 Å². The van der Waals surface area contributed by atoms with Crippen LogP contribution >= 0.6 is 0 Å². The van der Waals surface area contributed by atoms with Crippen LogP contribution in [0.3, 0.4) is 0 Å². The van der Waals surface area contributed by atoms with Crippen molar-refractivity contribution in [2.24, 2.45) is 17.8 Å². The van der Waals surface area contributed by atoms with Gasteiger partial charge in [-0.2, -0.15) is 0 Å². The minimum Gasteiger partial charge on any atom is -0.204 e. The average Bonchev–Trinajstić information content (AvgIpc) is 2.72. The molecule has 2 aliphatic rings. The van der Waals surface area contributed by atoms with Crippen molar-refractivity contribution in [1.82, 2.24) is 0 Å². The Bertz CT molecular complexity index is 772. The topological polar surface area (TPSA) is 0 Å². The molecule has 0 bridgehead atoms. The molecule has 2 aromatic rings. The predicted octanol–water partition coefficient (Wildman–Crippen LogP) is 8.51. The largest absolute Gasteiger partial charge is 0.204 e. The molecule has 0 heterocycles. The molecule has 3 heteroatoms. The lowest BCUT2D eigenvalue weighted by Crippen LogP contribution is -2.24. The molecule has 0 radical (unpaired) electrons. The molecule has 0 unspecified atom stereocenters. The van der Waals surface area contributed by atoms with Gasteiger partial charge in [0.2, 0.25) is 0 Å². The van der Waals surface area contributed by atoms with Gasteiger partial charge < -0.3 is 0 Å². The molecular weight excluding hydrogens is 369 g/mol. The summed E-state index contributed by atoms with van der Waals surface area (Å²) in [5, 5.41) is 0. The van der Waals surface area contributed by atoms with E-state index < -0.39 is 17.5 Å². The van der Waals surface area contributed by atoms with E-state index in [-0.39, 0.29) is 7.43 Å². The normalized spacial score (nSPS) is 27.3. The van der Waals surface area contributed by atoms with Gasteiger partial charge >= 0.3 is 0 Å². The van der Waals surface area contributed by atoms with Gasteiger partial charge in [-0.3, -0.25) is 0 Å². The Balaban J connectivity index is 0.00000240. The molecule has 0 saturated heterocycles. The highest BCUT2D eigenvalue weighted by Gasteiger charge is 2.30. The van der Waals surface area contributed by atoms with Crippen molar-refractivity contribution in [2.45, 2.75) is 71.6 Å². The minimum atomic E-state index is -1.41. The summed E-state index contributed by atoms with van der Waals surface area (Å²) in [6, 6.07) is 10.1. The maximum absolute atomic E-state index is 13.5. The third-order valence-electron chi connectivity index (χ3n) is 7.20. The van der Waals surface area contributed by atoms with Crippen molar-refractivity contribution >= 4 is 0 Å². The fourth-order valence-corrected chi connectivity index (χ4v) is 5.35. The van der Waals surface area contributed by atoms with Gasteiger partial charge in [0.15, 0.2) is 17.5 Å². The molecule has 29 heavy (non-hydrogen) atoms. The van der Waals surface area contributed by atoms with E-state index in [2.05, 4.69) is 19.1 Å². The molecule has 4 rings (SSSR count). The van der Waals surface area contributed by atoms with Crippen LogP contribution in [0.15, 0.2) is 36.4 Å². The summed E-state index contributed by atoms with van der Waals surface area (Å²) in [6.07, 6.45) is 10.7. The Morgan fingerprint density at radius 3 is 1.66 bits per heavy atom. The van der Waals surface area contributed by atoms with Crippen LogP contribution in [0, 0.1) is 35.2 Å². The van der Waals surface area contributed by atoms with Crippen LogP contribution < -0.4 is 0 Å². The van der Waals surface area contributed by atoms with E-state index in [1.807, 2.05) is 12.1 Å². The summed E-state index contributed by atoms with van der Waals surface area (Å²) < 4.78 is 40.2. The first-order chi connectivity index (χ1) is 13.5. The van der Waals surface area contributed by atoms with Gasteiger partial charge in [-0.25, -0.2) is 13.2 Å². The summed E-state index contributed by atoms with van der Waals surface area (Å²) in [4.78, 5) is 0. The van der Waals surface area contributed by atoms with Crippen LogP contribution in [0.5, 0.6) is 0 Å². The summed E-state index contributed by atoms with van der Waals surface area (Å²) in [5.41, 5.74) is 2.40. The standard InChI is InChI=1S/C25H29F3.CH4/c1-16-2-4-17(5-3-16)18-6-8-19(9-7-18)20-10-12-21(13-11-20)22-14-23(26)25(28)24(27)15-22;/h10-19H,2-9H2,1H3;1H4. The molecule has 0 aromatic heterocycles. The summed E-state index contributed by atoms with van der Waals surface area (Å²) >= 11 is 0. The van der Waals surface area contributed by atoms with E-state index in [0.29, 0.717) is 17.0 Å². The highest BCUT2D eigenvalue weighted by molar-refractivity contribution is 5.64. The monoisotopic (exact) mass is 402 g/mol. The van der Waals surface area contributed by atoms with Crippen molar-refractivity contribution in [3.05, 3.63) is 59.4 Å². The molecule has 2 fully saturated rings. The van der Waals surface area contributed by atoms with Crippen molar-refractivity contribution in [1.29, 1.82) is 0 Å². The predicted molar refractivity (Wildman–Crippen MR) is 114 cm³/mol. The van der Waals surface area contributed by atoms with Crippen LogP contribution in [0.2, 0.25) is 0 Å². The fourth-order valence-electron chi connectivity index (χ4n) is 5.35. The number of halogens is 3. The Morgan fingerprint density at radius 1 is 0.655 bits per heavy atom. The van der Waals surface area contributed by atoms with Gasteiger partial charge in [-0.15, -0.1) is 0 Å². The number of hydrogen-bond donors (Lipinski definition) is 0. The number of rotatable bonds is 3. The van der Waals surface area contributed by atoms with Gasteiger partial charge in [0, 0.05) is 0 Å². The minimum absolute atomic E-state index is 0. The highest BCUT2D eigenvalue weighted by atomic mass is 19.2. The number of hydrogen-bond acceptors (Lipinski definition) is 0. The first-order valence-electron chi connectivity index (χ1n) is 10.8. The van der Waals surface area contributed by atoms with Gasteiger partial charge in [0.25, 0.3) is 0 Å².